The van der Waals surface area contributed by atoms with Crippen LogP contribution in [0.25, 0.3) is 0 Å². The smallest absolute Gasteiger partial charge is 0.0313 e. The maximum Gasteiger partial charge on any atom is 0.0313 e. The highest BCUT2D eigenvalue weighted by molar-refractivity contribution is 5.35. The van der Waals surface area contributed by atoms with Crippen molar-refractivity contribution >= 4 is 5.69 Å². The van der Waals surface area contributed by atoms with Crippen LogP contribution in [0.1, 0.15) is 38.5 Å². The van der Waals surface area contributed by atoms with E-state index in [-0.39, 0.29) is 0 Å². The van der Waals surface area contributed by atoms with Crippen molar-refractivity contribution in [2.24, 2.45) is 5.73 Å². The van der Waals surface area contributed by atoms with E-state index in [1.165, 1.54) is 38.5 Å². The molecule has 0 unspecified atom stereocenters. The maximum atomic E-state index is 5.73. The number of hydrogen-bond acceptors (Lipinski definition) is 2. The first-order valence-electron chi connectivity index (χ1n) is 5.85. The average Bonchev–Trinajstić information content (AvgIpc) is 2.48. The van der Waals surface area contributed by atoms with E-state index >= 15 is 0 Å². The van der Waals surface area contributed by atoms with E-state index in [0.29, 0.717) is 6.04 Å². The third-order valence-electron chi connectivity index (χ3n) is 2.70. The second-order valence-corrected chi connectivity index (χ2v) is 4.16. The van der Waals surface area contributed by atoms with Crippen LogP contribution in [-0.4, -0.2) is 6.04 Å². The third-order valence-corrected chi connectivity index (χ3v) is 2.70. The normalized spacial score (nSPS) is 17.4. The van der Waals surface area contributed by atoms with Crippen LogP contribution in [0.15, 0.2) is 30.3 Å². The van der Waals surface area contributed by atoms with Crippen molar-refractivity contribution in [2.75, 3.05) is 5.73 Å². The third kappa shape index (κ3) is 6.13. The molecule has 0 spiro atoms. The lowest BCUT2D eigenvalue weighted by Crippen LogP contribution is -2.17. The molecule has 84 valence electrons. The average molecular weight is 206 g/mol. The Bertz CT molecular complexity index is 238. The van der Waals surface area contributed by atoms with E-state index in [1.54, 1.807) is 0 Å². The molecule has 0 saturated heterocycles. The van der Waals surface area contributed by atoms with Gasteiger partial charge in [-0.25, -0.2) is 0 Å². The maximum absolute atomic E-state index is 5.73. The first-order valence-corrected chi connectivity index (χ1v) is 5.85. The van der Waals surface area contributed by atoms with Gasteiger partial charge in [-0.2, -0.15) is 0 Å². The minimum Gasteiger partial charge on any atom is -0.399 e. The molecule has 2 heteroatoms. The van der Waals surface area contributed by atoms with Gasteiger partial charge >= 0.3 is 0 Å². The summed E-state index contributed by atoms with van der Waals surface area (Å²) in [5.41, 5.74) is 11.9. The molecule has 1 saturated carbocycles. The van der Waals surface area contributed by atoms with Crippen LogP contribution in [0, 0.1) is 0 Å². The lowest BCUT2D eigenvalue weighted by molar-refractivity contribution is 0.583. The largest absolute Gasteiger partial charge is 0.399 e. The van der Waals surface area contributed by atoms with Crippen molar-refractivity contribution in [3.63, 3.8) is 0 Å². The van der Waals surface area contributed by atoms with Crippen molar-refractivity contribution in [1.82, 2.24) is 0 Å². The molecule has 4 N–H and O–H groups in total. The van der Waals surface area contributed by atoms with Crippen LogP contribution < -0.4 is 11.5 Å². The Morgan fingerprint density at radius 3 is 1.80 bits per heavy atom. The molecular formula is C13H22N2. The molecule has 1 fully saturated rings. The topological polar surface area (TPSA) is 52.0 Å². The van der Waals surface area contributed by atoms with Crippen molar-refractivity contribution in [3.8, 4) is 0 Å². The fourth-order valence-corrected chi connectivity index (χ4v) is 1.76. The minimum absolute atomic E-state index is 0.525. The van der Waals surface area contributed by atoms with Gasteiger partial charge in [-0.15, -0.1) is 0 Å². The van der Waals surface area contributed by atoms with E-state index in [0.717, 1.165) is 5.69 Å². The number of hydrogen-bond donors (Lipinski definition) is 2. The zero-order valence-electron chi connectivity index (χ0n) is 9.36. The molecule has 0 amide bonds. The summed E-state index contributed by atoms with van der Waals surface area (Å²) in [6, 6.07) is 10.0. The Morgan fingerprint density at radius 1 is 0.867 bits per heavy atom. The van der Waals surface area contributed by atoms with Gasteiger partial charge in [-0.05, 0) is 25.0 Å². The quantitative estimate of drug-likeness (QED) is 0.506. The number of nitrogen functional groups attached to an aromatic ring is 1. The van der Waals surface area contributed by atoms with Crippen LogP contribution in [0.5, 0.6) is 0 Å². The molecule has 15 heavy (non-hydrogen) atoms. The molecule has 0 aliphatic heterocycles. The molecule has 0 radical (unpaired) electrons. The first-order chi connectivity index (χ1) is 7.29. The highest BCUT2D eigenvalue weighted by atomic mass is 14.6. The number of anilines is 1. The summed E-state index contributed by atoms with van der Waals surface area (Å²) in [5, 5.41) is 0. The van der Waals surface area contributed by atoms with E-state index in [2.05, 4.69) is 0 Å². The fraction of sp³-hybridized carbons (Fsp3) is 0.538. The van der Waals surface area contributed by atoms with Crippen LogP contribution in [0.2, 0.25) is 0 Å². The number of rotatable bonds is 0. The Labute approximate surface area is 92.7 Å². The van der Waals surface area contributed by atoms with Crippen LogP contribution in [-0.2, 0) is 0 Å². The van der Waals surface area contributed by atoms with Crippen LogP contribution >= 0.6 is 0 Å². The molecule has 0 atom stereocenters. The van der Waals surface area contributed by atoms with E-state index < -0.39 is 0 Å². The Kier molecular flexibility index (Phi) is 5.86. The molecule has 1 aromatic rings. The van der Waals surface area contributed by atoms with Crippen molar-refractivity contribution in [2.45, 2.75) is 44.6 Å². The predicted molar refractivity (Wildman–Crippen MR) is 66.5 cm³/mol. The number of benzene rings is 1. The van der Waals surface area contributed by atoms with Gasteiger partial charge in [-0.3, -0.25) is 0 Å². The second kappa shape index (κ2) is 7.30. The van der Waals surface area contributed by atoms with Crippen molar-refractivity contribution in [1.29, 1.82) is 0 Å². The predicted octanol–water partition coefficient (Wildman–Crippen LogP) is 2.94. The highest BCUT2D eigenvalue weighted by Crippen LogP contribution is 2.14. The summed E-state index contributed by atoms with van der Waals surface area (Å²) in [6.45, 7) is 0. The Hall–Kier alpha value is -1.02. The highest BCUT2D eigenvalue weighted by Gasteiger charge is 2.05. The van der Waals surface area contributed by atoms with Gasteiger partial charge in [0.25, 0.3) is 0 Å². The fourth-order valence-electron chi connectivity index (χ4n) is 1.76. The van der Waals surface area contributed by atoms with E-state index in [4.69, 9.17) is 11.5 Å². The van der Waals surface area contributed by atoms with Gasteiger partial charge in [0.05, 0.1) is 0 Å². The Morgan fingerprint density at radius 2 is 1.40 bits per heavy atom. The summed E-state index contributed by atoms with van der Waals surface area (Å²) < 4.78 is 0. The number of nitrogens with two attached hydrogens (primary N) is 2. The Balaban J connectivity index is 0.000000151. The lowest BCUT2D eigenvalue weighted by Gasteiger charge is -2.03. The van der Waals surface area contributed by atoms with Gasteiger partial charge in [0.15, 0.2) is 0 Å². The standard InChI is InChI=1S/C7H15N.C6H7N/c8-7-5-3-1-2-4-6-7;7-6-4-2-1-3-5-6/h7H,1-6,8H2;1-5H,7H2. The molecular weight excluding hydrogens is 184 g/mol. The zero-order valence-corrected chi connectivity index (χ0v) is 9.36. The molecule has 0 aromatic heterocycles. The number of para-hydroxylation sites is 1. The zero-order chi connectivity index (χ0) is 10.9. The van der Waals surface area contributed by atoms with Gasteiger partial charge in [0.1, 0.15) is 0 Å². The van der Waals surface area contributed by atoms with Gasteiger partial charge in [-0.1, -0.05) is 43.9 Å². The molecule has 1 aliphatic rings. The summed E-state index contributed by atoms with van der Waals surface area (Å²) in [4.78, 5) is 0. The molecule has 1 aromatic carbocycles. The van der Waals surface area contributed by atoms with Crippen LogP contribution in [0.3, 0.4) is 0 Å². The summed E-state index contributed by atoms with van der Waals surface area (Å²) >= 11 is 0. The van der Waals surface area contributed by atoms with Crippen LogP contribution in [0.4, 0.5) is 5.69 Å². The molecule has 2 nitrogen and oxygen atoms in total. The summed E-state index contributed by atoms with van der Waals surface area (Å²) in [5.74, 6) is 0. The SMILES string of the molecule is NC1CCCCCC1.Nc1ccccc1. The molecule has 0 bridgehead atoms. The minimum atomic E-state index is 0.525. The second-order valence-electron chi connectivity index (χ2n) is 4.16. The first kappa shape index (κ1) is 12.1. The molecule has 0 heterocycles. The van der Waals surface area contributed by atoms with Crippen molar-refractivity contribution < 1.29 is 0 Å². The van der Waals surface area contributed by atoms with Gasteiger partial charge in [0, 0.05) is 11.7 Å². The van der Waals surface area contributed by atoms with E-state index in [9.17, 15) is 0 Å². The summed E-state index contributed by atoms with van der Waals surface area (Å²) in [7, 11) is 0. The summed E-state index contributed by atoms with van der Waals surface area (Å²) in [6.07, 6.45) is 8.07. The van der Waals surface area contributed by atoms with Gasteiger partial charge < -0.3 is 11.5 Å². The van der Waals surface area contributed by atoms with E-state index in [1.807, 2.05) is 30.3 Å². The lowest BCUT2D eigenvalue weighted by atomic mass is 10.1. The molecule has 1 aliphatic carbocycles. The monoisotopic (exact) mass is 206 g/mol. The molecule has 2 rings (SSSR count). The van der Waals surface area contributed by atoms with Crippen molar-refractivity contribution in [3.05, 3.63) is 30.3 Å². The van der Waals surface area contributed by atoms with Gasteiger partial charge in [0.2, 0.25) is 0 Å².